The molecule has 7 aliphatic rings. The standard InChI is InChI=1S/C24H28ClN3O3.C12H15ClN2.C12H13NO3.C12H13NO2.C8H7ClO2.C6H15N.C4H7N.C2H6O/c1-18(20-7-9-21(25)10-8-20)26-11-13-27(14-12-26)22-15-28(16-23(22)29)24(30)31-17-19-5-3-2-4-6-19;1-10(15-8-6-14-7-9-15)11-2-4-12(13)5-3-11;14-12(13-6-10-11(7-13)16-10)15-8-9-4-2-1-3-5-9;14-12(13-8-4-5-9-13)15-10-11-6-2-1-3-7-11;9-8(10)11-6-7-4-2-1-3-5-7;1-4-7(5-2)6-3;1-2-4-5-3-1;1-2-3/h2-10,22-23,29H,1,11-17H2;2-5,14H,1,6-9H2;1-5,10-11H,6-8H2;1-7H,8-10H2;1-5H,6H2;4-6H2,1-3H3;1-2,5H,3-4H2;3H,2H2,1H3/t22-,23-;;;;;;;/m1......./s1. The highest BCUT2D eigenvalue weighted by Gasteiger charge is 2.49. The number of amides is 3. The molecule has 4 atom stereocenters. The van der Waals surface area contributed by atoms with E-state index in [9.17, 15) is 24.3 Å². The maximum absolute atomic E-state index is 12.5. The lowest BCUT2D eigenvalue weighted by molar-refractivity contribution is 0.0578. The van der Waals surface area contributed by atoms with Crippen LogP contribution in [-0.4, -0.2) is 224 Å². The first-order chi connectivity index (χ1) is 50.0. The molecule has 6 aromatic rings. The van der Waals surface area contributed by atoms with Gasteiger partial charge in [0, 0.05) is 125 Å². The van der Waals surface area contributed by atoms with Crippen LogP contribution < -0.4 is 10.6 Å². The average molecular weight is 1470 g/mol. The van der Waals surface area contributed by atoms with E-state index in [1.165, 1.54) is 19.6 Å². The summed E-state index contributed by atoms with van der Waals surface area (Å²) in [5.41, 5.74) is 7.42. The molecule has 4 N–H and O–H groups in total. The molecule has 7 heterocycles. The number of aliphatic hydroxyl groups excluding tert-OH is 2. The van der Waals surface area contributed by atoms with Crippen molar-refractivity contribution in [2.45, 2.75) is 78.5 Å². The second kappa shape index (κ2) is 47.9. The molecule has 2 unspecified atom stereocenters. The average Bonchev–Trinajstić information content (AvgIpc) is 1.64. The van der Waals surface area contributed by atoms with Gasteiger partial charge in [-0.25, -0.2) is 19.2 Å². The summed E-state index contributed by atoms with van der Waals surface area (Å²) in [6.45, 7) is 34.6. The molecule has 3 amide bonds. The highest BCUT2D eigenvalue weighted by molar-refractivity contribution is 6.61. The van der Waals surface area contributed by atoms with Crippen molar-refractivity contribution in [2.75, 3.05) is 131 Å². The Hall–Kier alpha value is -8.25. The minimum absolute atomic E-state index is 0.0739. The van der Waals surface area contributed by atoms with Crippen molar-refractivity contribution in [3.05, 3.63) is 251 Å². The molecule has 5 fully saturated rings. The molecular formula is C80H104Cl3N9O11. The van der Waals surface area contributed by atoms with Gasteiger partial charge in [0.05, 0.1) is 31.8 Å². The third kappa shape index (κ3) is 31.7. The first-order valence-electron chi connectivity index (χ1n) is 35.3. The smallest absolute Gasteiger partial charge is 0.410 e. The summed E-state index contributed by atoms with van der Waals surface area (Å²) in [6, 6.07) is 53.8. The number of benzene rings is 6. The zero-order valence-corrected chi connectivity index (χ0v) is 62.3. The molecule has 13 rings (SSSR count). The molecule has 7 aliphatic heterocycles. The van der Waals surface area contributed by atoms with Gasteiger partial charge in [0.15, 0.2) is 0 Å². The summed E-state index contributed by atoms with van der Waals surface area (Å²) in [5, 5.41) is 26.1. The summed E-state index contributed by atoms with van der Waals surface area (Å²) < 4.78 is 25.6. The van der Waals surface area contributed by atoms with Gasteiger partial charge in [-0.2, -0.15) is 0 Å². The van der Waals surface area contributed by atoms with Gasteiger partial charge >= 0.3 is 23.7 Å². The Morgan fingerprint density at radius 1 is 0.476 bits per heavy atom. The van der Waals surface area contributed by atoms with Crippen LogP contribution in [0.5, 0.6) is 0 Å². The third-order valence-electron chi connectivity index (χ3n) is 17.2. The SMILES string of the molecule is C1=CCNC1.C=C(c1ccc(Cl)cc1)N1CCN([C@@H]2CN(C(=O)OCc3ccccc3)C[C@H]2O)CC1.C=C(c1ccc(Cl)cc1)N1CCNCC1.CCN(CC)CC.CCO.O=C(Cl)OCc1ccccc1.O=C(OCc1ccccc1)N1CC2OC2C1.O=C(OCc1ccccc1)N1CC=CC1. The predicted octanol–water partition coefficient (Wildman–Crippen LogP) is 13.2. The first-order valence-corrected chi connectivity index (χ1v) is 36.4. The summed E-state index contributed by atoms with van der Waals surface area (Å²) in [5.74, 6) is 0. The number of fused-ring (bicyclic) bond motifs is 1. The summed E-state index contributed by atoms with van der Waals surface area (Å²) in [6.07, 6.45) is 7.28. The number of nitrogens with one attached hydrogen (secondary N) is 2. The zero-order valence-electron chi connectivity index (χ0n) is 60.0. The van der Waals surface area contributed by atoms with Gasteiger partial charge in [0.1, 0.15) is 38.6 Å². The van der Waals surface area contributed by atoms with Gasteiger partial charge in [0.2, 0.25) is 0 Å². The number of rotatable bonds is 16. The van der Waals surface area contributed by atoms with E-state index in [0.29, 0.717) is 57.5 Å². The van der Waals surface area contributed by atoms with Crippen molar-refractivity contribution in [3.63, 3.8) is 0 Å². The molecule has 0 bridgehead atoms. The van der Waals surface area contributed by atoms with E-state index < -0.39 is 11.5 Å². The molecule has 5 saturated heterocycles. The molecule has 103 heavy (non-hydrogen) atoms. The van der Waals surface area contributed by atoms with E-state index in [2.05, 4.69) is 81.1 Å². The van der Waals surface area contributed by atoms with Gasteiger partial charge in [0.25, 0.3) is 0 Å². The zero-order chi connectivity index (χ0) is 74.0. The number of nitrogens with zero attached hydrogens (tertiary/aromatic N) is 7. The van der Waals surface area contributed by atoms with Crippen molar-refractivity contribution in [1.29, 1.82) is 0 Å². The van der Waals surface area contributed by atoms with Gasteiger partial charge in [-0.15, -0.1) is 0 Å². The topological polar surface area (TPSA) is 205 Å². The number of β-amino-alcohol motifs (C(OH)–C–C–N with tert-alkyl or cyclic N) is 1. The van der Waals surface area contributed by atoms with Crippen LogP contribution in [0.3, 0.4) is 0 Å². The molecule has 6 aromatic carbocycles. The number of aliphatic hydroxyl groups is 2. The Morgan fingerprint density at radius 2 is 0.835 bits per heavy atom. The second-order valence-corrected chi connectivity index (χ2v) is 25.6. The molecule has 0 spiro atoms. The Morgan fingerprint density at radius 3 is 1.18 bits per heavy atom. The van der Waals surface area contributed by atoms with Gasteiger partial charge < -0.3 is 73.9 Å². The first kappa shape index (κ1) is 83.7. The second-order valence-electron chi connectivity index (χ2n) is 24.4. The van der Waals surface area contributed by atoms with Crippen LogP contribution >= 0.6 is 34.8 Å². The van der Waals surface area contributed by atoms with Crippen LogP contribution in [0.1, 0.15) is 61.1 Å². The van der Waals surface area contributed by atoms with E-state index in [0.717, 1.165) is 115 Å². The maximum Gasteiger partial charge on any atom is 0.410 e. The van der Waals surface area contributed by atoms with Gasteiger partial charge in [-0.1, -0.05) is 227 Å². The number of likely N-dealkylation sites (tertiary alicyclic amines) is 2. The maximum atomic E-state index is 12.5. The summed E-state index contributed by atoms with van der Waals surface area (Å²) in [7, 11) is 0. The van der Waals surface area contributed by atoms with Gasteiger partial charge in [-0.05, 0) is 84.2 Å². The largest absolute Gasteiger partial charge is 0.449 e. The number of hydrogen-bond acceptors (Lipinski definition) is 17. The molecule has 23 heteroatoms. The number of carbonyl (C=O) groups excluding carboxylic acids is 4. The van der Waals surface area contributed by atoms with Crippen LogP contribution in [0.2, 0.25) is 10.0 Å². The number of piperazine rings is 2. The summed E-state index contributed by atoms with van der Waals surface area (Å²) >= 11 is 16.8. The van der Waals surface area contributed by atoms with E-state index in [-0.39, 0.29) is 56.4 Å². The number of hydrogen-bond donors (Lipinski definition) is 4. The lowest BCUT2D eigenvalue weighted by atomic mass is 10.1. The Bertz CT molecular complexity index is 3430. The Labute approximate surface area is 624 Å². The molecule has 556 valence electrons. The Kier molecular flexibility index (Phi) is 38.9. The van der Waals surface area contributed by atoms with E-state index >= 15 is 0 Å². The Balaban J connectivity index is 0.000000200. The van der Waals surface area contributed by atoms with E-state index in [1.54, 1.807) is 21.6 Å². The van der Waals surface area contributed by atoms with Crippen LogP contribution in [0.4, 0.5) is 19.2 Å². The normalized spacial score (nSPS) is 18.0. The fraction of sp³-hybridized carbons (Fsp3) is 0.400. The lowest BCUT2D eigenvalue weighted by Crippen LogP contribution is -2.53. The molecule has 0 saturated carbocycles. The van der Waals surface area contributed by atoms with E-state index in [4.69, 9.17) is 58.9 Å². The van der Waals surface area contributed by atoms with Crippen LogP contribution in [-0.2, 0) is 50.1 Å². The number of morpholine rings is 1. The van der Waals surface area contributed by atoms with Crippen molar-refractivity contribution in [2.24, 2.45) is 0 Å². The van der Waals surface area contributed by atoms with Crippen molar-refractivity contribution in [3.8, 4) is 0 Å². The van der Waals surface area contributed by atoms with Crippen molar-refractivity contribution < 1.29 is 53.1 Å². The van der Waals surface area contributed by atoms with Crippen LogP contribution in [0.25, 0.3) is 11.4 Å². The number of carbonyl (C=O) groups is 4. The van der Waals surface area contributed by atoms with Crippen molar-refractivity contribution >= 4 is 69.9 Å². The highest BCUT2D eigenvalue weighted by atomic mass is 35.5. The molecular weight excluding hydrogens is 1370 g/mol. The number of halogens is 3. The predicted molar refractivity (Wildman–Crippen MR) is 411 cm³/mol. The fourth-order valence-corrected chi connectivity index (χ4v) is 11.5. The van der Waals surface area contributed by atoms with Crippen LogP contribution in [0.15, 0.2) is 207 Å². The third-order valence-corrected chi connectivity index (χ3v) is 17.8. The summed E-state index contributed by atoms with van der Waals surface area (Å²) in [4.78, 5) is 59.9. The minimum Gasteiger partial charge on any atom is -0.449 e. The monoisotopic (exact) mass is 1470 g/mol. The molecule has 0 aromatic heterocycles. The van der Waals surface area contributed by atoms with E-state index in [1.807, 2.05) is 182 Å². The highest BCUT2D eigenvalue weighted by Crippen LogP contribution is 2.31. The number of ether oxygens (including phenoxy) is 5. The lowest BCUT2D eigenvalue weighted by Gasteiger charge is -2.40. The van der Waals surface area contributed by atoms with Gasteiger partial charge in [-0.3, -0.25) is 4.90 Å². The number of epoxide rings is 1. The molecule has 0 radical (unpaired) electrons. The molecule has 20 nitrogen and oxygen atoms in total. The van der Waals surface area contributed by atoms with Crippen molar-refractivity contribution in [1.82, 2.24) is 44.9 Å². The minimum atomic E-state index is -0.770. The van der Waals surface area contributed by atoms with Crippen LogP contribution in [0, 0.1) is 0 Å². The quantitative estimate of drug-likeness (QED) is 0.0308. The molecule has 0 aliphatic carbocycles. The fourth-order valence-electron chi connectivity index (χ4n) is 11.2.